The summed E-state index contributed by atoms with van der Waals surface area (Å²) in [5.41, 5.74) is 0.872. The number of benzene rings is 1. The molecule has 1 heterocycles. The fraction of sp³-hybridized carbons (Fsp3) is 0.462. The maximum atomic E-state index is 12.5. The predicted octanol–water partition coefficient (Wildman–Crippen LogP) is 1.96. The van der Waals surface area contributed by atoms with Crippen LogP contribution in [-0.2, 0) is 16.4 Å². The number of carboxylic acid groups (broad SMARTS) is 1. The zero-order valence-electron chi connectivity index (χ0n) is 11.6. The van der Waals surface area contributed by atoms with Gasteiger partial charge in [-0.15, -0.1) is 0 Å². The van der Waals surface area contributed by atoms with Crippen LogP contribution in [0.1, 0.15) is 12.0 Å². The van der Waals surface area contributed by atoms with Crippen molar-refractivity contribution in [2.24, 2.45) is 0 Å². The first-order valence-corrected chi connectivity index (χ1v) is 9.07. The van der Waals surface area contributed by atoms with E-state index in [-0.39, 0.29) is 6.54 Å². The van der Waals surface area contributed by atoms with E-state index in [0.717, 1.165) is 10.0 Å². The van der Waals surface area contributed by atoms with Crippen molar-refractivity contribution in [2.45, 2.75) is 24.9 Å². The van der Waals surface area contributed by atoms with Crippen LogP contribution in [0.25, 0.3) is 0 Å². The van der Waals surface area contributed by atoms with Crippen molar-refractivity contribution in [3.63, 3.8) is 0 Å². The molecule has 1 amide bonds. The van der Waals surface area contributed by atoms with Gasteiger partial charge in [0.2, 0.25) is 16.0 Å². The third-order valence-electron chi connectivity index (χ3n) is 3.60. The zero-order valence-corrected chi connectivity index (χ0v) is 14.0. The number of likely N-dealkylation sites (tertiary alicyclic amines) is 1. The molecular formula is C13H16BrFN2O4S. The third-order valence-corrected chi connectivity index (χ3v) is 5.04. The van der Waals surface area contributed by atoms with Crippen molar-refractivity contribution in [1.29, 1.82) is 0 Å². The summed E-state index contributed by atoms with van der Waals surface area (Å²) in [5.74, 6) is 0. The molecule has 1 aromatic rings. The molecule has 9 heteroatoms. The summed E-state index contributed by atoms with van der Waals surface area (Å²) in [6.07, 6.45) is -0.433. The van der Waals surface area contributed by atoms with Gasteiger partial charge in [0.25, 0.3) is 0 Å². The van der Waals surface area contributed by atoms with Crippen LogP contribution in [-0.4, -0.2) is 49.2 Å². The topological polar surface area (TPSA) is 86.7 Å². The van der Waals surface area contributed by atoms with Gasteiger partial charge >= 0.3 is 6.09 Å². The van der Waals surface area contributed by atoms with Gasteiger partial charge in [0, 0.05) is 17.1 Å². The first kappa shape index (κ1) is 17.2. The molecule has 1 aliphatic heterocycles. The minimum absolute atomic E-state index is 0.216. The first-order valence-electron chi connectivity index (χ1n) is 6.62. The lowest BCUT2D eigenvalue weighted by Gasteiger charge is -2.26. The Balaban J connectivity index is 2.21. The van der Waals surface area contributed by atoms with E-state index < -0.39 is 34.2 Å². The fourth-order valence-corrected chi connectivity index (χ4v) is 3.89. The van der Waals surface area contributed by atoms with Gasteiger partial charge in [0.1, 0.15) is 0 Å². The van der Waals surface area contributed by atoms with Crippen molar-refractivity contribution >= 4 is 32.0 Å². The average Bonchev–Trinajstić information content (AvgIpc) is 2.81. The molecule has 1 saturated heterocycles. The Kier molecular flexibility index (Phi) is 5.41. The van der Waals surface area contributed by atoms with Crippen LogP contribution in [0.4, 0.5) is 9.18 Å². The van der Waals surface area contributed by atoms with E-state index in [1.165, 1.54) is 4.90 Å². The largest absolute Gasteiger partial charge is 0.465 e. The summed E-state index contributed by atoms with van der Waals surface area (Å²) in [7, 11) is -4.03. The number of hydrogen-bond donors (Lipinski definition) is 2. The van der Waals surface area contributed by atoms with Crippen LogP contribution in [0.2, 0.25) is 0 Å². The van der Waals surface area contributed by atoms with Gasteiger partial charge in [-0.2, -0.15) is 0 Å². The molecule has 0 aliphatic carbocycles. The molecule has 0 aromatic heterocycles. The lowest BCUT2D eigenvalue weighted by atomic mass is 10.0. The van der Waals surface area contributed by atoms with E-state index in [9.17, 15) is 22.7 Å². The molecule has 0 bridgehead atoms. The second-order valence-electron chi connectivity index (χ2n) is 5.11. The molecule has 0 saturated carbocycles. The lowest BCUT2D eigenvalue weighted by molar-refractivity contribution is 0.137. The molecule has 1 aromatic carbocycles. The Morgan fingerprint density at radius 3 is 2.82 bits per heavy atom. The summed E-state index contributed by atoms with van der Waals surface area (Å²) >= 11 is 3.34. The van der Waals surface area contributed by atoms with Crippen molar-refractivity contribution < 1.29 is 22.7 Å². The molecule has 122 valence electrons. The number of carbonyl (C=O) groups is 1. The van der Waals surface area contributed by atoms with E-state index in [4.69, 9.17) is 0 Å². The van der Waals surface area contributed by atoms with Gasteiger partial charge in [-0.05, 0) is 30.5 Å². The minimum atomic E-state index is -4.03. The Morgan fingerprint density at radius 1 is 1.50 bits per heavy atom. The predicted molar refractivity (Wildman–Crippen MR) is 82.8 cm³/mol. The van der Waals surface area contributed by atoms with Crippen LogP contribution < -0.4 is 4.72 Å². The number of amides is 1. The lowest BCUT2D eigenvalue weighted by Crippen LogP contribution is -2.47. The van der Waals surface area contributed by atoms with E-state index in [2.05, 4.69) is 20.7 Å². The molecule has 22 heavy (non-hydrogen) atoms. The zero-order chi connectivity index (χ0) is 16.3. The highest BCUT2D eigenvalue weighted by atomic mass is 79.9. The Morgan fingerprint density at radius 2 is 2.23 bits per heavy atom. The smallest absolute Gasteiger partial charge is 0.407 e. The van der Waals surface area contributed by atoms with E-state index in [0.29, 0.717) is 12.8 Å². The standard InChI is InChI=1S/C13H16BrFN2O4S/c14-10-3-1-2-9(6-10)7-12-11(16-22(20,21)8-15)4-5-17(12)13(18)19/h1-3,6,11-12,16H,4-5,7-8H2,(H,18,19)/t11-,12-/m0/s1. The molecule has 6 nitrogen and oxygen atoms in total. The normalized spacial score (nSPS) is 22.0. The molecule has 0 radical (unpaired) electrons. The van der Waals surface area contributed by atoms with Gasteiger partial charge in [0.05, 0.1) is 6.04 Å². The molecule has 1 aliphatic rings. The van der Waals surface area contributed by atoms with Crippen LogP contribution in [0, 0.1) is 0 Å². The van der Waals surface area contributed by atoms with Crippen LogP contribution >= 0.6 is 15.9 Å². The Hall–Kier alpha value is -1.19. The van der Waals surface area contributed by atoms with Gasteiger partial charge in [-0.3, -0.25) is 0 Å². The number of halogens is 2. The number of alkyl halides is 1. The maximum Gasteiger partial charge on any atom is 0.407 e. The fourth-order valence-electron chi connectivity index (χ4n) is 2.65. The molecular weight excluding hydrogens is 379 g/mol. The van der Waals surface area contributed by atoms with Crippen molar-refractivity contribution in [1.82, 2.24) is 9.62 Å². The van der Waals surface area contributed by atoms with E-state index in [1.807, 2.05) is 24.3 Å². The van der Waals surface area contributed by atoms with Gasteiger partial charge in [-0.1, -0.05) is 28.1 Å². The second kappa shape index (κ2) is 6.93. The summed E-state index contributed by atoms with van der Waals surface area (Å²) in [6.45, 7) is 0.216. The minimum Gasteiger partial charge on any atom is -0.465 e. The average molecular weight is 395 g/mol. The quantitative estimate of drug-likeness (QED) is 0.798. The highest BCUT2D eigenvalue weighted by Gasteiger charge is 2.39. The Bertz CT molecular complexity index is 655. The third kappa shape index (κ3) is 4.17. The van der Waals surface area contributed by atoms with Crippen LogP contribution in [0.5, 0.6) is 0 Å². The van der Waals surface area contributed by atoms with E-state index in [1.54, 1.807) is 0 Å². The summed E-state index contributed by atoms with van der Waals surface area (Å²) in [5, 5.41) is 9.25. The number of sulfonamides is 1. The van der Waals surface area contributed by atoms with Crippen molar-refractivity contribution in [2.75, 3.05) is 12.6 Å². The number of rotatable bonds is 5. The molecule has 2 atom stereocenters. The SMILES string of the molecule is O=C(O)N1CC[C@H](NS(=O)(=O)CF)[C@@H]1Cc1cccc(Br)c1. The molecule has 0 spiro atoms. The summed E-state index contributed by atoms with van der Waals surface area (Å²) in [6, 6.07) is 4.64. The highest BCUT2D eigenvalue weighted by Crippen LogP contribution is 2.24. The number of hydrogen-bond acceptors (Lipinski definition) is 3. The van der Waals surface area contributed by atoms with Gasteiger partial charge < -0.3 is 10.0 Å². The maximum absolute atomic E-state index is 12.5. The Labute approximate surface area is 136 Å². The first-order chi connectivity index (χ1) is 10.3. The molecule has 2 rings (SSSR count). The summed E-state index contributed by atoms with van der Waals surface area (Å²) < 4.78 is 38.5. The summed E-state index contributed by atoms with van der Waals surface area (Å²) in [4.78, 5) is 12.5. The monoisotopic (exact) mass is 394 g/mol. The molecule has 2 N–H and O–H groups in total. The number of nitrogens with zero attached hydrogens (tertiary/aromatic N) is 1. The van der Waals surface area contributed by atoms with E-state index >= 15 is 0 Å². The molecule has 1 fully saturated rings. The van der Waals surface area contributed by atoms with Gasteiger partial charge in [0.15, 0.2) is 0 Å². The second-order valence-corrected chi connectivity index (χ2v) is 7.71. The van der Waals surface area contributed by atoms with Gasteiger partial charge in [-0.25, -0.2) is 22.3 Å². The molecule has 0 unspecified atom stereocenters. The number of nitrogens with one attached hydrogen (secondary N) is 1. The van der Waals surface area contributed by atoms with Crippen LogP contribution in [0.3, 0.4) is 0 Å². The van der Waals surface area contributed by atoms with Crippen molar-refractivity contribution in [3.8, 4) is 0 Å². The van der Waals surface area contributed by atoms with Crippen molar-refractivity contribution in [3.05, 3.63) is 34.3 Å². The van der Waals surface area contributed by atoms with Crippen LogP contribution in [0.15, 0.2) is 28.7 Å². The highest BCUT2D eigenvalue weighted by molar-refractivity contribution is 9.10.